The molecule has 0 aromatic rings. The van der Waals surface area contributed by atoms with E-state index in [0.717, 1.165) is 68.4 Å². The summed E-state index contributed by atoms with van der Waals surface area (Å²) in [7, 11) is -21.6. The number of rotatable bonds is 19. The van der Waals surface area contributed by atoms with Crippen LogP contribution >= 0.6 is 31.3 Å². The lowest BCUT2D eigenvalue weighted by Crippen LogP contribution is -2.50. The summed E-state index contributed by atoms with van der Waals surface area (Å²) >= 11 is 0. The fraction of sp³-hybridized carbons (Fsp3) is 0.692. The van der Waals surface area contributed by atoms with Crippen molar-refractivity contribution in [3.63, 3.8) is 0 Å². The van der Waals surface area contributed by atoms with Gasteiger partial charge in [0.05, 0.1) is 28.9 Å². The first kappa shape index (κ1) is 52.1. The zero-order valence-electron chi connectivity index (χ0n) is 34.7. The highest BCUT2D eigenvalue weighted by atomic mass is 31.3. The minimum atomic E-state index is -5.64. The largest absolute Gasteiger partial charge is 0.790 e. The molecule has 0 saturated heterocycles. The number of allylic oxidation sites excluding steroid dienone is 10. The summed E-state index contributed by atoms with van der Waals surface area (Å²) in [6, 6.07) is 0. The lowest BCUT2D eigenvalue weighted by atomic mass is 9.46. The van der Waals surface area contributed by atoms with E-state index in [9.17, 15) is 47.6 Å². The molecule has 0 spiro atoms. The molecular weight excluding hydrogens is 816 g/mol. The smallest absolute Gasteiger partial charge is 0.272 e. The molecule has 14 nitrogen and oxygen atoms in total. The van der Waals surface area contributed by atoms with Crippen LogP contribution in [0.3, 0.4) is 0 Å². The van der Waals surface area contributed by atoms with Crippen molar-refractivity contribution in [1.29, 1.82) is 0 Å². The van der Waals surface area contributed by atoms with Gasteiger partial charge in [-0.05, 0) is 140 Å². The average molecular weight is 879 g/mol. The Hall–Kier alpha value is -1.04. The Morgan fingerprint density at radius 3 is 1.68 bits per heavy atom. The molecular formula is C39H62O14P4-6. The molecule has 2 fully saturated rings. The maximum absolute atomic E-state index is 11.3. The van der Waals surface area contributed by atoms with Gasteiger partial charge in [-0.2, -0.15) is 0 Å². The van der Waals surface area contributed by atoms with E-state index < -0.39 is 31.3 Å². The van der Waals surface area contributed by atoms with Crippen LogP contribution in [0.25, 0.3) is 0 Å². The molecule has 0 aromatic heterocycles. The van der Waals surface area contributed by atoms with Gasteiger partial charge in [0.25, 0.3) is 15.6 Å². The molecule has 0 N–H and O–H groups in total. The van der Waals surface area contributed by atoms with Gasteiger partial charge in [0, 0.05) is 0 Å². The molecule has 57 heavy (non-hydrogen) atoms. The molecule has 0 heterocycles. The van der Waals surface area contributed by atoms with Crippen LogP contribution in [-0.2, 0) is 35.9 Å². The Morgan fingerprint density at radius 1 is 0.684 bits per heavy atom. The third-order valence-electron chi connectivity index (χ3n) is 11.1. The van der Waals surface area contributed by atoms with E-state index in [1.54, 1.807) is 6.08 Å². The first-order valence-corrected chi connectivity index (χ1v) is 25.3. The normalized spacial score (nSPS) is 25.9. The highest BCUT2D eigenvalue weighted by Crippen LogP contribution is 2.63. The fourth-order valence-electron chi connectivity index (χ4n) is 8.47. The Bertz CT molecular complexity index is 1730. The second kappa shape index (κ2) is 22.7. The molecule has 2 unspecified atom stereocenters. The summed E-state index contributed by atoms with van der Waals surface area (Å²) < 4.78 is 58.9. The van der Waals surface area contributed by atoms with Gasteiger partial charge in [-0.1, -0.05) is 91.5 Å². The van der Waals surface area contributed by atoms with Crippen molar-refractivity contribution in [2.75, 3.05) is 13.2 Å². The molecule has 0 radical (unpaired) electrons. The highest BCUT2D eigenvalue weighted by Gasteiger charge is 2.53. The lowest BCUT2D eigenvalue weighted by Gasteiger charge is -2.59. The van der Waals surface area contributed by atoms with Crippen LogP contribution in [-0.4, -0.2) is 13.2 Å². The van der Waals surface area contributed by atoms with Crippen molar-refractivity contribution in [1.82, 2.24) is 0 Å². The standard InChI is InChI=1S/C20H36O7P2.C19H32O7P2/c1-17(2)9-6-10-18(3)11-7-12-19(4)13-8-14-20(5)15-16-26-29(24,25)27-28(21,22)23;1-18(2)10-4-11-19(3)16-7-5-14(13-15(16)6-8-17(18)19)9-12-25-28(23,24)26-27(20,21)22/h9,11,13,15H,6-8,10,12,14,16H2,1-5H3,(H,24,25)(H2,21,22,23);9,13,16-17H,4-8,10-12H2,1-3H3,(H,23,24)(H2,20,21,22)/p-6/b18-11+,19-13+,20-15+;14-9-/t;16-,17-,19+/m.1/s1. The van der Waals surface area contributed by atoms with Crippen molar-refractivity contribution in [2.45, 2.75) is 139 Å². The first-order valence-electron chi connectivity index (χ1n) is 19.5. The second-order valence-electron chi connectivity index (χ2n) is 16.6. The molecule has 3 aliphatic carbocycles. The van der Waals surface area contributed by atoms with Crippen molar-refractivity contribution in [2.24, 2.45) is 22.7 Å². The zero-order chi connectivity index (χ0) is 43.3. The Labute approximate surface area is 340 Å². The molecule has 0 bridgehead atoms. The monoisotopic (exact) mass is 878 g/mol. The van der Waals surface area contributed by atoms with Crippen molar-refractivity contribution >= 4 is 31.3 Å². The Kier molecular flexibility index (Phi) is 20.7. The predicted molar refractivity (Wildman–Crippen MR) is 210 cm³/mol. The fourth-order valence-corrected chi connectivity index (χ4v) is 11.3. The molecule has 2 saturated carbocycles. The SMILES string of the molecule is CC(C)=CCC/C(C)=C/CC/C(C)=C/CC/C(C)=C/COP(=O)([O-])OP(=O)([O-])[O-].CC1(C)CCC[C@@]2(C)[C@@H]3CC/C(=C/COP(=O)([O-])OP(=O)([O-])[O-])C=C3CC[C@H]12. The summed E-state index contributed by atoms with van der Waals surface area (Å²) in [4.78, 5) is 63.9. The maximum atomic E-state index is 11.3. The van der Waals surface area contributed by atoms with E-state index >= 15 is 0 Å². The maximum Gasteiger partial charge on any atom is 0.272 e. The van der Waals surface area contributed by atoms with Crippen molar-refractivity contribution in [3.8, 4) is 0 Å². The minimum absolute atomic E-state index is 0.315. The number of hydrogen-bond donors (Lipinski definition) is 0. The number of phosphoric acid groups is 4. The van der Waals surface area contributed by atoms with Crippen LogP contribution in [0.5, 0.6) is 0 Å². The molecule has 0 aliphatic heterocycles. The van der Waals surface area contributed by atoms with Crippen LogP contribution < -0.4 is 29.4 Å². The van der Waals surface area contributed by atoms with Crippen molar-refractivity contribution in [3.05, 3.63) is 69.9 Å². The summed E-state index contributed by atoms with van der Waals surface area (Å²) in [6.07, 6.45) is 25.6. The zero-order valence-corrected chi connectivity index (χ0v) is 38.3. The Balaban J connectivity index is 0.000000393. The Morgan fingerprint density at radius 2 is 1.18 bits per heavy atom. The van der Waals surface area contributed by atoms with E-state index in [0.29, 0.717) is 23.2 Å². The topological polar surface area (TPSA) is 244 Å². The molecule has 0 amide bonds. The number of hydrogen-bond acceptors (Lipinski definition) is 14. The van der Waals surface area contributed by atoms with Gasteiger partial charge < -0.3 is 47.5 Å². The van der Waals surface area contributed by atoms with E-state index in [4.69, 9.17) is 0 Å². The van der Waals surface area contributed by atoms with Crippen LogP contribution in [0.1, 0.15) is 139 Å². The van der Waals surface area contributed by atoms with E-state index in [1.807, 2.05) is 6.92 Å². The van der Waals surface area contributed by atoms with Gasteiger partial charge in [0.1, 0.15) is 0 Å². The summed E-state index contributed by atoms with van der Waals surface area (Å²) in [6.45, 7) is 16.8. The summed E-state index contributed by atoms with van der Waals surface area (Å²) in [5.41, 5.74) is 8.03. The number of fused-ring (bicyclic) bond motifs is 3. The highest BCUT2D eigenvalue weighted by molar-refractivity contribution is 7.59. The van der Waals surface area contributed by atoms with Gasteiger partial charge in [0.2, 0.25) is 0 Å². The van der Waals surface area contributed by atoms with E-state index in [-0.39, 0.29) is 13.2 Å². The van der Waals surface area contributed by atoms with Gasteiger partial charge in [0.15, 0.2) is 0 Å². The van der Waals surface area contributed by atoms with E-state index in [2.05, 4.69) is 90.4 Å². The summed E-state index contributed by atoms with van der Waals surface area (Å²) in [5.74, 6) is 1.28. The first-order chi connectivity index (χ1) is 26.1. The quantitative estimate of drug-likeness (QED) is 0.0893. The molecule has 5 atom stereocenters. The molecule has 328 valence electrons. The van der Waals surface area contributed by atoms with Gasteiger partial charge in [-0.15, -0.1) is 0 Å². The van der Waals surface area contributed by atoms with E-state index in [1.165, 1.54) is 54.1 Å². The molecule has 18 heteroatoms. The van der Waals surface area contributed by atoms with Gasteiger partial charge in [-0.25, -0.2) is 0 Å². The molecule has 3 aliphatic rings. The molecule has 0 aromatic carbocycles. The number of phosphoric ester groups is 2. The van der Waals surface area contributed by atoms with Crippen LogP contribution in [0, 0.1) is 22.7 Å². The van der Waals surface area contributed by atoms with Gasteiger partial charge >= 0.3 is 0 Å². The van der Waals surface area contributed by atoms with Gasteiger partial charge in [-0.3, -0.25) is 17.8 Å². The third kappa shape index (κ3) is 20.4. The molecule has 3 rings (SSSR count). The van der Waals surface area contributed by atoms with Crippen molar-refractivity contribution < 1.29 is 65.3 Å². The minimum Gasteiger partial charge on any atom is -0.790 e. The summed E-state index contributed by atoms with van der Waals surface area (Å²) in [5, 5.41) is 0. The van der Waals surface area contributed by atoms with Crippen LogP contribution in [0.2, 0.25) is 0 Å². The lowest BCUT2D eigenvalue weighted by molar-refractivity contribution is -0.342. The van der Waals surface area contributed by atoms with Crippen LogP contribution in [0.15, 0.2) is 69.9 Å². The average Bonchev–Trinajstić information content (AvgIpc) is 3.02. The predicted octanol–water partition coefficient (Wildman–Crippen LogP) is 7.67. The second-order valence-corrected chi connectivity index (χ2v) is 22.0. The third-order valence-corrected chi connectivity index (χ3v) is 15.3. The van der Waals surface area contributed by atoms with Crippen LogP contribution in [0.4, 0.5) is 0 Å².